The van der Waals surface area contributed by atoms with Gasteiger partial charge in [0.05, 0.1) is 0 Å². The summed E-state index contributed by atoms with van der Waals surface area (Å²) in [5.74, 6) is 0.953. The van der Waals surface area contributed by atoms with Crippen molar-refractivity contribution in [2.24, 2.45) is 0 Å². The van der Waals surface area contributed by atoms with E-state index in [0.29, 0.717) is 12.6 Å². The van der Waals surface area contributed by atoms with Gasteiger partial charge in [-0.3, -0.25) is 9.89 Å². The van der Waals surface area contributed by atoms with Gasteiger partial charge in [-0.1, -0.05) is 20.8 Å². The summed E-state index contributed by atoms with van der Waals surface area (Å²) in [5.41, 5.74) is 1.04. The maximum Gasteiger partial charge on any atom is 0.294 e. The number of hydrogen-bond donors (Lipinski definition) is 1. The smallest absolute Gasteiger partial charge is 0.294 e. The molecule has 0 saturated heterocycles. The number of amides is 1. The average molecular weight is 304 g/mol. The summed E-state index contributed by atoms with van der Waals surface area (Å²) in [5, 5.41) is 11.1. The molecule has 0 aliphatic heterocycles. The van der Waals surface area contributed by atoms with Gasteiger partial charge in [-0.15, -0.1) is 5.10 Å². The molecule has 2 aromatic rings. The standard InChI is InChI=1S/C15H20N4OS/c1-15(2,3)14-16-12(17-18-14)13(20)19(11-4-5-11)8-10-6-7-21-9-10/h6-7,9,11H,4-5,8H2,1-3H3,(H,16,17,18). The molecule has 0 atom stereocenters. The van der Waals surface area contributed by atoms with Crippen LogP contribution in [0.4, 0.5) is 0 Å². The number of thiophene rings is 1. The maximum atomic E-state index is 12.7. The zero-order valence-corrected chi connectivity index (χ0v) is 13.4. The molecular formula is C15H20N4OS. The molecule has 5 nitrogen and oxygen atoms in total. The molecule has 0 bridgehead atoms. The molecule has 1 aliphatic rings. The van der Waals surface area contributed by atoms with Gasteiger partial charge in [0.25, 0.3) is 5.91 Å². The third-order valence-corrected chi connectivity index (χ3v) is 4.30. The van der Waals surface area contributed by atoms with Crippen LogP contribution >= 0.6 is 11.3 Å². The molecule has 1 N–H and O–H groups in total. The summed E-state index contributed by atoms with van der Waals surface area (Å²) in [6.45, 7) is 6.79. The van der Waals surface area contributed by atoms with Gasteiger partial charge in [-0.2, -0.15) is 11.3 Å². The summed E-state index contributed by atoms with van der Waals surface area (Å²) < 4.78 is 0. The van der Waals surface area contributed by atoms with Crippen molar-refractivity contribution in [3.05, 3.63) is 34.0 Å². The number of H-pyrrole nitrogens is 1. The van der Waals surface area contributed by atoms with E-state index in [2.05, 4.69) is 26.6 Å². The lowest BCUT2D eigenvalue weighted by atomic mass is 9.96. The van der Waals surface area contributed by atoms with Crippen LogP contribution in [-0.2, 0) is 12.0 Å². The number of aromatic nitrogens is 3. The summed E-state index contributed by atoms with van der Waals surface area (Å²) in [6.07, 6.45) is 2.15. The number of carbonyl (C=O) groups is 1. The van der Waals surface area contributed by atoms with Crippen molar-refractivity contribution in [1.82, 2.24) is 20.1 Å². The summed E-state index contributed by atoms with van der Waals surface area (Å²) in [6, 6.07) is 2.40. The monoisotopic (exact) mass is 304 g/mol. The van der Waals surface area contributed by atoms with Gasteiger partial charge in [0, 0.05) is 18.0 Å². The van der Waals surface area contributed by atoms with Crippen LogP contribution in [-0.4, -0.2) is 32.0 Å². The van der Waals surface area contributed by atoms with Crippen molar-refractivity contribution in [2.45, 2.75) is 51.6 Å². The summed E-state index contributed by atoms with van der Waals surface area (Å²) >= 11 is 1.65. The number of nitrogens with one attached hydrogen (secondary N) is 1. The Labute approximate surface area is 128 Å². The lowest BCUT2D eigenvalue weighted by Crippen LogP contribution is -2.33. The van der Waals surface area contributed by atoms with Crippen LogP contribution in [0.3, 0.4) is 0 Å². The van der Waals surface area contributed by atoms with Crippen LogP contribution < -0.4 is 0 Å². The zero-order valence-electron chi connectivity index (χ0n) is 12.6. The van der Waals surface area contributed by atoms with E-state index in [1.165, 1.54) is 5.56 Å². The highest BCUT2D eigenvalue weighted by Gasteiger charge is 2.35. The largest absolute Gasteiger partial charge is 0.329 e. The SMILES string of the molecule is CC(C)(C)c1nc(C(=O)N(Cc2ccsc2)C2CC2)n[nH]1. The first-order chi connectivity index (χ1) is 9.95. The van der Waals surface area contributed by atoms with Gasteiger partial charge >= 0.3 is 0 Å². The van der Waals surface area contributed by atoms with E-state index in [0.717, 1.165) is 18.7 Å². The molecule has 21 heavy (non-hydrogen) atoms. The molecule has 3 rings (SSSR count). The Morgan fingerprint density at radius 2 is 2.24 bits per heavy atom. The van der Waals surface area contributed by atoms with E-state index in [9.17, 15) is 4.79 Å². The Balaban J connectivity index is 1.79. The van der Waals surface area contributed by atoms with Crippen LogP contribution in [0.2, 0.25) is 0 Å². The number of rotatable bonds is 4. The van der Waals surface area contributed by atoms with Gasteiger partial charge in [-0.25, -0.2) is 4.98 Å². The maximum absolute atomic E-state index is 12.7. The van der Waals surface area contributed by atoms with Crippen molar-refractivity contribution in [2.75, 3.05) is 0 Å². The highest BCUT2D eigenvalue weighted by atomic mass is 32.1. The van der Waals surface area contributed by atoms with Gasteiger partial charge < -0.3 is 4.90 Å². The van der Waals surface area contributed by atoms with E-state index in [1.807, 2.05) is 31.1 Å². The fourth-order valence-corrected chi connectivity index (χ4v) is 2.81. The fourth-order valence-electron chi connectivity index (χ4n) is 2.15. The molecule has 2 heterocycles. The van der Waals surface area contributed by atoms with Crippen molar-refractivity contribution < 1.29 is 4.79 Å². The van der Waals surface area contributed by atoms with Gasteiger partial charge in [0.1, 0.15) is 5.82 Å². The summed E-state index contributed by atoms with van der Waals surface area (Å²) in [7, 11) is 0. The predicted molar refractivity (Wildman–Crippen MR) is 82.3 cm³/mol. The van der Waals surface area contributed by atoms with Crippen molar-refractivity contribution >= 4 is 17.2 Å². The second kappa shape index (κ2) is 5.26. The van der Waals surface area contributed by atoms with E-state index in [-0.39, 0.29) is 17.1 Å². The molecule has 0 aromatic carbocycles. The Hall–Kier alpha value is -1.69. The third kappa shape index (κ3) is 3.15. The van der Waals surface area contributed by atoms with Crippen LogP contribution in [0, 0.1) is 0 Å². The van der Waals surface area contributed by atoms with Crippen LogP contribution in [0.1, 0.15) is 55.6 Å². The van der Waals surface area contributed by atoms with Crippen LogP contribution in [0.5, 0.6) is 0 Å². The van der Waals surface area contributed by atoms with Crippen molar-refractivity contribution in [1.29, 1.82) is 0 Å². The lowest BCUT2D eigenvalue weighted by Gasteiger charge is -2.20. The minimum atomic E-state index is -0.136. The molecule has 0 radical (unpaired) electrons. The third-order valence-electron chi connectivity index (χ3n) is 3.57. The highest BCUT2D eigenvalue weighted by Crippen LogP contribution is 2.30. The normalized spacial score (nSPS) is 15.2. The van der Waals surface area contributed by atoms with Crippen LogP contribution in [0.15, 0.2) is 16.8 Å². The minimum Gasteiger partial charge on any atom is -0.329 e. The first-order valence-electron chi connectivity index (χ1n) is 7.20. The molecule has 1 amide bonds. The average Bonchev–Trinajstić information content (AvgIpc) is 2.94. The van der Waals surface area contributed by atoms with Crippen LogP contribution in [0.25, 0.3) is 0 Å². The first kappa shape index (κ1) is 14.3. The lowest BCUT2D eigenvalue weighted by molar-refractivity contribution is 0.0718. The van der Waals surface area contributed by atoms with E-state index >= 15 is 0 Å². The first-order valence-corrected chi connectivity index (χ1v) is 8.14. The second-order valence-corrected chi connectivity index (χ2v) is 7.33. The van der Waals surface area contributed by atoms with Gasteiger partial charge in [0.15, 0.2) is 0 Å². The molecule has 0 spiro atoms. The topological polar surface area (TPSA) is 61.9 Å². The Morgan fingerprint density at radius 3 is 2.76 bits per heavy atom. The molecule has 2 aromatic heterocycles. The molecule has 0 unspecified atom stereocenters. The molecule has 1 aliphatic carbocycles. The fraction of sp³-hybridized carbons (Fsp3) is 0.533. The number of aromatic amines is 1. The highest BCUT2D eigenvalue weighted by molar-refractivity contribution is 7.07. The minimum absolute atomic E-state index is 0.0737. The Bertz CT molecular complexity index is 622. The van der Waals surface area contributed by atoms with Gasteiger partial charge in [0.2, 0.25) is 5.82 Å². The molecule has 1 fully saturated rings. The van der Waals surface area contributed by atoms with E-state index in [4.69, 9.17) is 0 Å². The number of nitrogens with zero attached hydrogens (tertiary/aromatic N) is 3. The van der Waals surface area contributed by atoms with E-state index < -0.39 is 0 Å². The molecular weight excluding hydrogens is 284 g/mol. The number of carbonyl (C=O) groups excluding carboxylic acids is 1. The second-order valence-electron chi connectivity index (χ2n) is 6.55. The quantitative estimate of drug-likeness (QED) is 0.944. The summed E-state index contributed by atoms with van der Waals surface area (Å²) in [4.78, 5) is 19.0. The Kier molecular flexibility index (Phi) is 3.57. The van der Waals surface area contributed by atoms with E-state index in [1.54, 1.807) is 11.3 Å². The van der Waals surface area contributed by atoms with Crippen molar-refractivity contribution in [3.8, 4) is 0 Å². The predicted octanol–water partition coefficient (Wildman–Crippen LogP) is 2.97. The Morgan fingerprint density at radius 1 is 1.48 bits per heavy atom. The molecule has 112 valence electrons. The molecule has 6 heteroatoms. The zero-order chi connectivity index (χ0) is 15.0. The van der Waals surface area contributed by atoms with Crippen molar-refractivity contribution in [3.63, 3.8) is 0 Å². The molecule has 1 saturated carbocycles. The van der Waals surface area contributed by atoms with Gasteiger partial charge in [-0.05, 0) is 35.2 Å². The number of hydrogen-bond acceptors (Lipinski definition) is 4.